The molecule has 1 heterocycles. The van der Waals surface area contributed by atoms with E-state index in [1.165, 1.54) is 18.2 Å². The number of aromatic nitrogens is 1. The molecule has 0 aliphatic rings. The molecule has 0 atom stereocenters. The van der Waals surface area contributed by atoms with E-state index < -0.39 is 17.0 Å². The van der Waals surface area contributed by atoms with Gasteiger partial charge in [0.15, 0.2) is 5.01 Å². The Morgan fingerprint density at radius 3 is 2.56 bits per heavy atom. The molecule has 0 amide bonds. The minimum atomic E-state index is -4.47. The smallest absolute Gasteiger partial charge is 0.326 e. The third kappa shape index (κ3) is 2.51. The van der Waals surface area contributed by atoms with Crippen molar-refractivity contribution in [1.82, 2.24) is 4.98 Å². The van der Waals surface area contributed by atoms with Gasteiger partial charge >= 0.3 is 6.18 Å². The minimum Gasteiger partial charge on any atom is -0.326 e. The number of benzene rings is 1. The predicted octanol–water partition coefficient (Wildman–Crippen LogP) is 3.43. The van der Waals surface area contributed by atoms with Crippen molar-refractivity contribution in [3.63, 3.8) is 0 Å². The monoisotopic (exact) mass is 276 g/mol. The number of rotatable bonds is 2. The standard InChI is InChI=1S/C11H8F4N2S/c12-7-1-2-8(6(3-7)4-16)9-5-17-10(18-9)11(13,14)15/h1-3,5H,4,16H2. The van der Waals surface area contributed by atoms with Gasteiger partial charge in [0.25, 0.3) is 0 Å². The summed E-state index contributed by atoms with van der Waals surface area (Å²) in [6.45, 7) is 0.0480. The lowest BCUT2D eigenvalue weighted by Gasteiger charge is -2.05. The number of halogens is 4. The Balaban J connectivity index is 2.46. The van der Waals surface area contributed by atoms with Gasteiger partial charge in [-0.2, -0.15) is 13.2 Å². The number of thiazole rings is 1. The maximum Gasteiger partial charge on any atom is 0.443 e. The summed E-state index contributed by atoms with van der Waals surface area (Å²) in [7, 11) is 0. The minimum absolute atomic E-state index is 0.0480. The molecule has 1 aromatic carbocycles. The maximum atomic E-state index is 13.0. The van der Waals surface area contributed by atoms with Crippen molar-refractivity contribution in [3.05, 3.63) is 40.8 Å². The summed E-state index contributed by atoms with van der Waals surface area (Å²) in [6.07, 6.45) is -3.34. The van der Waals surface area contributed by atoms with E-state index in [1.807, 2.05) is 0 Å². The van der Waals surface area contributed by atoms with Crippen LogP contribution in [0.25, 0.3) is 10.4 Å². The molecule has 0 saturated heterocycles. The van der Waals surface area contributed by atoms with E-state index in [9.17, 15) is 17.6 Å². The topological polar surface area (TPSA) is 38.9 Å². The lowest BCUT2D eigenvalue weighted by atomic mass is 10.1. The second-order valence-electron chi connectivity index (χ2n) is 3.53. The fraction of sp³-hybridized carbons (Fsp3) is 0.182. The van der Waals surface area contributed by atoms with Crippen molar-refractivity contribution in [3.8, 4) is 10.4 Å². The third-order valence-corrected chi connectivity index (χ3v) is 3.38. The van der Waals surface area contributed by atoms with E-state index in [-0.39, 0.29) is 6.54 Å². The number of hydrogen-bond donors (Lipinski definition) is 1. The van der Waals surface area contributed by atoms with Gasteiger partial charge in [-0.15, -0.1) is 11.3 Å². The van der Waals surface area contributed by atoms with Gasteiger partial charge in [0.2, 0.25) is 0 Å². The average Bonchev–Trinajstić information content (AvgIpc) is 2.77. The summed E-state index contributed by atoms with van der Waals surface area (Å²) in [5, 5.41) is -0.926. The first kappa shape index (κ1) is 13.0. The fourth-order valence-corrected chi connectivity index (χ4v) is 2.35. The summed E-state index contributed by atoms with van der Waals surface area (Å²) in [6, 6.07) is 3.80. The Kier molecular flexibility index (Phi) is 3.36. The highest BCUT2D eigenvalue weighted by atomic mass is 32.1. The van der Waals surface area contributed by atoms with Crippen LogP contribution in [0.2, 0.25) is 0 Å². The first-order chi connectivity index (χ1) is 8.41. The Morgan fingerprint density at radius 2 is 2.00 bits per heavy atom. The second-order valence-corrected chi connectivity index (χ2v) is 4.56. The van der Waals surface area contributed by atoms with Gasteiger partial charge in [0, 0.05) is 12.7 Å². The van der Waals surface area contributed by atoms with Crippen LogP contribution in [0, 0.1) is 5.82 Å². The van der Waals surface area contributed by atoms with Crippen LogP contribution in [0.1, 0.15) is 10.6 Å². The summed E-state index contributed by atoms with van der Waals surface area (Å²) >= 11 is 0.514. The van der Waals surface area contributed by atoms with E-state index in [2.05, 4.69) is 4.98 Å². The molecule has 1 aromatic heterocycles. The first-order valence-corrected chi connectivity index (χ1v) is 5.75. The summed E-state index contributed by atoms with van der Waals surface area (Å²) in [5.74, 6) is -0.472. The molecule has 2 N–H and O–H groups in total. The van der Waals surface area contributed by atoms with E-state index in [4.69, 9.17) is 5.73 Å². The van der Waals surface area contributed by atoms with Gasteiger partial charge in [-0.1, -0.05) is 6.07 Å². The summed E-state index contributed by atoms with van der Waals surface area (Å²) in [5.41, 5.74) is 6.37. The summed E-state index contributed by atoms with van der Waals surface area (Å²) < 4.78 is 50.3. The predicted molar refractivity (Wildman–Crippen MR) is 60.4 cm³/mol. The van der Waals surface area contributed by atoms with Crippen LogP contribution < -0.4 is 5.73 Å². The van der Waals surface area contributed by atoms with Crippen LogP contribution in [-0.2, 0) is 12.7 Å². The van der Waals surface area contributed by atoms with Crippen molar-refractivity contribution in [2.75, 3.05) is 0 Å². The van der Waals surface area contributed by atoms with E-state index >= 15 is 0 Å². The van der Waals surface area contributed by atoms with Crippen LogP contribution in [0.5, 0.6) is 0 Å². The zero-order valence-corrected chi connectivity index (χ0v) is 9.78. The van der Waals surface area contributed by atoms with Gasteiger partial charge in [-0.3, -0.25) is 0 Å². The van der Waals surface area contributed by atoms with E-state index in [0.29, 0.717) is 27.3 Å². The zero-order valence-electron chi connectivity index (χ0n) is 8.96. The van der Waals surface area contributed by atoms with Crippen molar-refractivity contribution >= 4 is 11.3 Å². The number of alkyl halides is 3. The zero-order chi connectivity index (χ0) is 13.3. The maximum absolute atomic E-state index is 13.0. The highest BCUT2D eigenvalue weighted by molar-refractivity contribution is 7.15. The van der Waals surface area contributed by atoms with Gasteiger partial charge in [0.05, 0.1) is 4.88 Å². The molecule has 0 aliphatic heterocycles. The molecule has 7 heteroatoms. The van der Waals surface area contributed by atoms with Crippen LogP contribution >= 0.6 is 11.3 Å². The van der Waals surface area contributed by atoms with Gasteiger partial charge in [-0.25, -0.2) is 9.37 Å². The molecule has 0 aliphatic carbocycles. The molecule has 0 radical (unpaired) electrons. The lowest BCUT2D eigenvalue weighted by Crippen LogP contribution is -2.02. The molecule has 0 saturated carbocycles. The fourth-order valence-electron chi connectivity index (χ4n) is 1.50. The van der Waals surface area contributed by atoms with Crippen LogP contribution in [0.3, 0.4) is 0 Å². The molecule has 96 valence electrons. The molecular weight excluding hydrogens is 268 g/mol. The first-order valence-electron chi connectivity index (χ1n) is 4.93. The molecule has 2 rings (SSSR count). The van der Waals surface area contributed by atoms with E-state index in [1.54, 1.807) is 0 Å². The van der Waals surface area contributed by atoms with Gasteiger partial charge in [0.1, 0.15) is 5.82 Å². The molecule has 0 bridgehead atoms. The molecule has 0 fully saturated rings. The Bertz CT molecular complexity index is 562. The average molecular weight is 276 g/mol. The Hall–Kier alpha value is -1.47. The van der Waals surface area contributed by atoms with Crippen LogP contribution in [0.4, 0.5) is 17.6 Å². The third-order valence-electron chi connectivity index (χ3n) is 2.30. The second kappa shape index (κ2) is 4.66. The highest BCUT2D eigenvalue weighted by Gasteiger charge is 2.34. The SMILES string of the molecule is NCc1cc(F)ccc1-c1cnc(C(F)(F)F)s1. The van der Waals surface area contributed by atoms with Crippen molar-refractivity contribution in [1.29, 1.82) is 0 Å². The van der Waals surface area contributed by atoms with Crippen LogP contribution in [-0.4, -0.2) is 4.98 Å². The largest absolute Gasteiger partial charge is 0.443 e. The van der Waals surface area contributed by atoms with Crippen LogP contribution in [0.15, 0.2) is 24.4 Å². The Labute approximate surface area is 104 Å². The van der Waals surface area contributed by atoms with Crippen molar-refractivity contribution < 1.29 is 17.6 Å². The molecule has 0 unspecified atom stereocenters. The van der Waals surface area contributed by atoms with Crippen molar-refractivity contribution in [2.24, 2.45) is 5.73 Å². The number of nitrogens with two attached hydrogens (primary N) is 1. The Morgan fingerprint density at radius 1 is 1.28 bits per heavy atom. The normalized spacial score (nSPS) is 11.8. The molecule has 2 nitrogen and oxygen atoms in total. The lowest BCUT2D eigenvalue weighted by molar-refractivity contribution is -0.137. The number of hydrogen-bond acceptors (Lipinski definition) is 3. The van der Waals surface area contributed by atoms with Gasteiger partial charge in [-0.05, 0) is 23.3 Å². The highest BCUT2D eigenvalue weighted by Crippen LogP contribution is 2.37. The molecular formula is C11H8F4N2S. The molecule has 18 heavy (non-hydrogen) atoms. The van der Waals surface area contributed by atoms with Crippen molar-refractivity contribution in [2.45, 2.75) is 12.7 Å². The molecule has 2 aromatic rings. The van der Waals surface area contributed by atoms with Gasteiger partial charge < -0.3 is 5.73 Å². The quantitative estimate of drug-likeness (QED) is 0.853. The van der Waals surface area contributed by atoms with E-state index in [0.717, 1.165) is 6.20 Å². The molecule has 0 spiro atoms. The number of nitrogens with zero attached hydrogens (tertiary/aromatic N) is 1. The summed E-state index contributed by atoms with van der Waals surface area (Å²) in [4.78, 5) is 3.64.